The molecule has 0 bridgehead atoms. The molecule has 4 N–H and O–H groups in total. The summed E-state index contributed by atoms with van der Waals surface area (Å²) in [6.07, 6.45) is 5.99. The van der Waals surface area contributed by atoms with Crippen molar-refractivity contribution >= 4 is 16.1 Å². The van der Waals surface area contributed by atoms with Gasteiger partial charge in [-0.3, -0.25) is 4.79 Å². The van der Waals surface area contributed by atoms with Crippen LogP contribution in [0.2, 0.25) is 0 Å². The van der Waals surface area contributed by atoms with Crippen molar-refractivity contribution in [3.8, 4) is 0 Å². The maximum atomic E-state index is 11.9. The number of ether oxygens (including phenoxy) is 3. The van der Waals surface area contributed by atoms with E-state index in [4.69, 9.17) is 14.2 Å². The van der Waals surface area contributed by atoms with Crippen LogP contribution < -0.4 is 29.6 Å². The van der Waals surface area contributed by atoms with Gasteiger partial charge in [-0.2, -0.15) is 0 Å². The molecular weight excluding hydrogens is 531 g/mol. The van der Waals surface area contributed by atoms with E-state index in [-0.39, 0.29) is 42.6 Å². The van der Waals surface area contributed by atoms with E-state index < -0.39 is 65.3 Å². The van der Waals surface area contributed by atoms with Crippen LogP contribution in [0.15, 0.2) is 0 Å². The number of hydrogen-bond acceptors (Lipinski definition) is 11. The van der Waals surface area contributed by atoms with Gasteiger partial charge in [0.25, 0.3) is 0 Å². The SMILES string of the molecule is CCCCCCCCCCCCCCCC(=O)OCC(O)CO[C@H]1O[C@H](CS(=O)(=O)[O-])[C@@H](O)[C@H](O)[C@H]1O.[Na+]. The van der Waals surface area contributed by atoms with Crippen molar-refractivity contribution in [1.29, 1.82) is 0 Å². The smallest absolute Gasteiger partial charge is 0.748 e. The van der Waals surface area contributed by atoms with Gasteiger partial charge in [0.15, 0.2) is 6.29 Å². The van der Waals surface area contributed by atoms with Gasteiger partial charge in [0.2, 0.25) is 0 Å². The van der Waals surface area contributed by atoms with E-state index in [1.165, 1.54) is 57.8 Å². The summed E-state index contributed by atoms with van der Waals surface area (Å²) in [5.41, 5.74) is 0. The largest absolute Gasteiger partial charge is 1.00 e. The van der Waals surface area contributed by atoms with Crippen LogP contribution in [-0.2, 0) is 29.1 Å². The molecular formula is C25H47NaO11S. The summed E-state index contributed by atoms with van der Waals surface area (Å²) in [5.74, 6) is -1.58. The average Bonchev–Trinajstić information content (AvgIpc) is 2.84. The third-order valence-corrected chi connectivity index (χ3v) is 7.15. The van der Waals surface area contributed by atoms with Crippen LogP contribution >= 0.6 is 0 Å². The zero-order valence-corrected chi connectivity index (χ0v) is 25.9. The van der Waals surface area contributed by atoms with Gasteiger partial charge in [0, 0.05) is 6.42 Å². The second kappa shape index (κ2) is 21.8. The minimum absolute atomic E-state index is 0. The Balaban J connectivity index is 0.0000137. The molecule has 1 unspecified atom stereocenters. The van der Waals surface area contributed by atoms with Crippen LogP contribution in [0.25, 0.3) is 0 Å². The zero-order chi connectivity index (χ0) is 27.7. The Morgan fingerprint density at radius 1 is 0.842 bits per heavy atom. The Bertz CT molecular complexity index is 709. The van der Waals surface area contributed by atoms with E-state index in [1.54, 1.807) is 0 Å². The van der Waals surface area contributed by atoms with E-state index in [0.29, 0.717) is 6.42 Å². The minimum atomic E-state index is -4.78. The zero-order valence-electron chi connectivity index (χ0n) is 23.0. The summed E-state index contributed by atoms with van der Waals surface area (Å²) in [5, 5.41) is 39.6. The molecule has 1 aliphatic heterocycles. The first-order valence-electron chi connectivity index (χ1n) is 13.6. The van der Waals surface area contributed by atoms with E-state index in [9.17, 15) is 38.2 Å². The van der Waals surface area contributed by atoms with Gasteiger partial charge < -0.3 is 39.2 Å². The first-order valence-corrected chi connectivity index (χ1v) is 15.2. The number of aliphatic hydroxyl groups is 4. The molecule has 1 heterocycles. The Morgan fingerprint density at radius 3 is 1.84 bits per heavy atom. The molecule has 1 fully saturated rings. The van der Waals surface area contributed by atoms with Gasteiger partial charge in [-0.1, -0.05) is 84.0 Å². The second-order valence-electron chi connectivity index (χ2n) is 9.90. The molecule has 0 radical (unpaired) electrons. The van der Waals surface area contributed by atoms with Crippen molar-refractivity contribution in [3.63, 3.8) is 0 Å². The molecule has 0 aromatic rings. The van der Waals surface area contributed by atoms with E-state index in [2.05, 4.69) is 6.92 Å². The number of carbonyl (C=O) groups excluding carboxylic acids is 1. The molecule has 1 saturated heterocycles. The van der Waals surface area contributed by atoms with Crippen molar-refractivity contribution in [2.75, 3.05) is 19.0 Å². The van der Waals surface area contributed by atoms with Crippen molar-refractivity contribution in [1.82, 2.24) is 0 Å². The molecule has 0 amide bonds. The summed E-state index contributed by atoms with van der Waals surface area (Å²) in [6, 6.07) is 0. The van der Waals surface area contributed by atoms with Gasteiger partial charge in [0.05, 0.1) is 22.5 Å². The number of carbonyl (C=O) groups is 1. The predicted molar refractivity (Wildman–Crippen MR) is 134 cm³/mol. The topological polar surface area (TPSA) is 183 Å². The average molecular weight is 579 g/mol. The molecule has 0 aliphatic carbocycles. The Hall–Kier alpha value is 0.140. The van der Waals surface area contributed by atoms with E-state index >= 15 is 0 Å². The number of unbranched alkanes of at least 4 members (excludes halogenated alkanes) is 12. The summed E-state index contributed by atoms with van der Waals surface area (Å²) >= 11 is 0. The number of esters is 1. The molecule has 0 spiro atoms. The van der Waals surface area contributed by atoms with Crippen molar-refractivity contribution in [3.05, 3.63) is 0 Å². The molecule has 1 aliphatic rings. The maximum absolute atomic E-state index is 11.9. The summed E-state index contributed by atoms with van der Waals surface area (Å²) < 4.78 is 48.1. The van der Waals surface area contributed by atoms with Gasteiger partial charge in [-0.15, -0.1) is 0 Å². The Labute approximate surface area is 249 Å². The summed E-state index contributed by atoms with van der Waals surface area (Å²) in [6.45, 7) is 1.40. The fourth-order valence-corrected chi connectivity index (χ4v) is 4.87. The molecule has 11 nitrogen and oxygen atoms in total. The second-order valence-corrected chi connectivity index (χ2v) is 11.4. The molecule has 1 rings (SSSR count). The molecule has 220 valence electrons. The van der Waals surface area contributed by atoms with Crippen LogP contribution in [0.3, 0.4) is 0 Å². The normalized spacial score (nSPS) is 24.5. The number of rotatable bonds is 21. The number of hydrogen-bond donors (Lipinski definition) is 4. The van der Waals surface area contributed by atoms with E-state index in [1.807, 2.05) is 0 Å². The maximum Gasteiger partial charge on any atom is 1.00 e. The summed E-state index contributed by atoms with van der Waals surface area (Å²) in [4.78, 5) is 11.9. The molecule has 13 heteroatoms. The van der Waals surface area contributed by atoms with Crippen LogP contribution in [0.1, 0.15) is 96.8 Å². The Morgan fingerprint density at radius 2 is 1.34 bits per heavy atom. The van der Waals surface area contributed by atoms with Crippen molar-refractivity contribution < 1.29 is 82.0 Å². The monoisotopic (exact) mass is 578 g/mol. The van der Waals surface area contributed by atoms with Crippen LogP contribution in [0.5, 0.6) is 0 Å². The van der Waals surface area contributed by atoms with Gasteiger partial charge in [-0.25, -0.2) is 8.42 Å². The third kappa shape index (κ3) is 17.8. The fraction of sp³-hybridized carbons (Fsp3) is 0.960. The molecule has 38 heavy (non-hydrogen) atoms. The van der Waals surface area contributed by atoms with Crippen molar-refractivity contribution in [2.45, 2.75) is 134 Å². The molecule has 0 aromatic heterocycles. The predicted octanol–water partition coefficient (Wildman–Crippen LogP) is -1.25. The van der Waals surface area contributed by atoms with Gasteiger partial charge in [0.1, 0.15) is 37.1 Å². The van der Waals surface area contributed by atoms with Crippen LogP contribution in [-0.4, -0.2) is 95.1 Å². The van der Waals surface area contributed by atoms with Gasteiger partial charge in [-0.05, 0) is 6.42 Å². The third-order valence-electron chi connectivity index (χ3n) is 6.41. The fourth-order valence-electron chi connectivity index (χ4n) is 4.20. The Kier molecular flexibility index (Phi) is 21.9. The van der Waals surface area contributed by atoms with E-state index in [0.717, 1.165) is 19.3 Å². The summed E-state index contributed by atoms with van der Waals surface area (Å²) in [7, 11) is -4.78. The molecule has 0 aromatic carbocycles. The molecule has 0 saturated carbocycles. The molecule has 6 atom stereocenters. The standard InChI is InChI=1S/C25H48O11S.Na/c1-2-3-4-5-6-7-8-9-10-11-12-13-14-15-21(27)34-16-19(26)17-35-25-24(30)23(29)22(28)20(36-25)18-37(31,32)33;/h19-20,22-26,28-30H,2-18H2,1H3,(H,31,32,33);/q;+1/p-1/t19?,20-,22-,23+,24-,25+;/m1./s1. The van der Waals surface area contributed by atoms with Crippen LogP contribution in [0.4, 0.5) is 0 Å². The van der Waals surface area contributed by atoms with Crippen LogP contribution in [0, 0.1) is 0 Å². The van der Waals surface area contributed by atoms with Crippen molar-refractivity contribution in [2.24, 2.45) is 0 Å². The minimum Gasteiger partial charge on any atom is -0.748 e. The first kappa shape index (κ1) is 38.1. The quantitative estimate of drug-likeness (QED) is 0.0552. The number of aliphatic hydroxyl groups excluding tert-OH is 4. The van der Waals surface area contributed by atoms with Gasteiger partial charge >= 0.3 is 35.5 Å². The first-order chi connectivity index (χ1) is 17.5.